The summed E-state index contributed by atoms with van der Waals surface area (Å²) in [5, 5.41) is 1.18. The fourth-order valence-corrected chi connectivity index (χ4v) is 5.01. The predicted octanol–water partition coefficient (Wildman–Crippen LogP) is 6.13. The summed E-state index contributed by atoms with van der Waals surface area (Å²) < 4.78 is 5.35. The molecule has 160 valence electrons. The lowest BCUT2D eigenvalue weighted by Crippen LogP contribution is -2.38. The maximum Gasteiger partial charge on any atom is 0.315 e. The second-order valence-electron chi connectivity index (χ2n) is 7.92. The molecule has 0 N–H and O–H groups in total. The Morgan fingerprint density at radius 2 is 1.81 bits per heavy atom. The van der Waals surface area contributed by atoms with Crippen LogP contribution in [0, 0.1) is 5.92 Å². The van der Waals surface area contributed by atoms with Crippen molar-refractivity contribution in [3.63, 3.8) is 0 Å². The first kappa shape index (κ1) is 21.8. The molecule has 3 atom stereocenters. The van der Waals surface area contributed by atoms with Gasteiger partial charge in [0.15, 0.2) is 5.78 Å². The van der Waals surface area contributed by atoms with Gasteiger partial charge in [0.05, 0.1) is 6.61 Å². The van der Waals surface area contributed by atoms with Crippen molar-refractivity contribution in [1.82, 2.24) is 0 Å². The topological polar surface area (TPSA) is 55.7 Å². The van der Waals surface area contributed by atoms with E-state index in [1.807, 2.05) is 49.4 Å². The number of carbonyl (C=O) groups excluding carboxylic acids is 2. The van der Waals surface area contributed by atoms with Gasteiger partial charge in [-0.15, -0.1) is 0 Å². The molecular weight excluding hydrogens is 433 g/mol. The van der Waals surface area contributed by atoms with Crippen molar-refractivity contribution in [2.75, 3.05) is 6.61 Å². The number of aliphatic imine (C=N–C) groups is 1. The second-order valence-corrected chi connectivity index (χ2v) is 8.77. The number of ether oxygens (including phenoxy) is 1. The molecule has 1 aliphatic carbocycles. The van der Waals surface area contributed by atoms with E-state index in [9.17, 15) is 9.59 Å². The first-order valence-electron chi connectivity index (χ1n) is 10.4. The zero-order valence-electron chi connectivity index (χ0n) is 17.4. The third-order valence-electron chi connectivity index (χ3n) is 6.01. The molecule has 0 bridgehead atoms. The zero-order chi connectivity index (χ0) is 22.1. The van der Waals surface area contributed by atoms with E-state index in [0.717, 1.165) is 16.8 Å². The van der Waals surface area contributed by atoms with Crippen LogP contribution in [0.4, 0.5) is 0 Å². The summed E-state index contributed by atoms with van der Waals surface area (Å²) in [4.78, 5) is 31.1. The number of hydrogen-bond acceptors (Lipinski definition) is 4. The summed E-state index contributed by atoms with van der Waals surface area (Å²) >= 11 is 12.6. The molecule has 1 heterocycles. The Labute approximate surface area is 191 Å². The Morgan fingerprint density at radius 1 is 1.10 bits per heavy atom. The average molecular weight is 456 g/mol. The molecule has 2 aliphatic rings. The second kappa shape index (κ2) is 8.97. The highest BCUT2D eigenvalue weighted by Crippen LogP contribution is 2.48. The lowest BCUT2D eigenvalue weighted by atomic mass is 9.69. The van der Waals surface area contributed by atoms with Gasteiger partial charge in [0.2, 0.25) is 0 Å². The van der Waals surface area contributed by atoms with Crippen LogP contribution < -0.4 is 0 Å². The summed E-state index contributed by atoms with van der Waals surface area (Å²) in [5.74, 6) is -1.54. The van der Waals surface area contributed by atoms with E-state index in [-0.39, 0.29) is 24.3 Å². The monoisotopic (exact) mass is 455 g/mol. The summed E-state index contributed by atoms with van der Waals surface area (Å²) in [6.07, 6.45) is 0.974. The maximum absolute atomic E-state index is 13.5. The van der Waals surface area contributed by atoms with Crippen LogP contribution >= 0.6 is 23.2 Å². The zero-order valence-corrected chi connectivity index (χ0v) is 18.9. The number of hydrogen-bond donors (Lipinski definition) is 0. The van der Waals surface area contributed by atoms with Crippen molar-refractivity contribution >= 4 is 40.7 Å². The number of Topliss-reactive ketones (excluding diaryl/α,β-unsaturated/α-hetero) is 1. The van der Waals surface area contributed by atoms with Gasteiger partial charge >= 0.3 is 5.97 Å². The van der Waals surface area contributed by atoms with Gasteiger partial charge in [0.1, 0.15) is 5.92 Å². The predicted molar refractivity (Wildman–Crippen MR) is 123 cm³/mol. The molecule has 0 fully saturated rings. The van der Waals surface area contributed by atoms with Crippen LogP contribution in [0.3, 0.4) is 0 Å². The lowest BCUT2D eigenvalue weighted by Gasteiger charge is -2.36. The van der Waals surface area contributed by atoms with Crippen LogP contribution in [0.25, 0.3) is 0 Å². The molecule has 6 heteroatoms. The number of esters is 1. The highest BCUT2D eigenvalue weighted by Gasteiger charge is 2.45. The molecule has 4 nitrogen and oxygen atoms in total. The Morgan fingerprint density at radius 3 is 2.48 bits per heavy atom. The van der Waals surface area contributed by atoms with Crippen LogP contribution in [-0.2, 0) is 14.3 Å². The van der Waals surface area contributed by atoms with Crippen molar-refractivity contribution in [2.45, 2.75) is 38.5 Å². The van der Waals surface area contributed by atoms with Gasteiger partial charge in [-0.2, -0.15) is 0 Å². The van der Waals surface area contributed by atoms with Gasteiger partial charge in [-0.25, -0.2) is 0 Å². The normalized spacial score (nSPS) is 23.3. The van der Waals surface area contributed by atoms with E-state index in [4.69, 9.17) is 32.9 Å². The molecule has 4 rings (SSSR count). The summed E-state index contributed by atoms with van der Waals surface area (Å²) in [6, 6.07) is 15.0. The first-order chi connectivity index (χ1) is 14.9. The Balaban J connectivity index is 1.81. The van der Waals surface area contributed by atoms with Crippen LogP contribution in [0.2, 0.25) is 10.0 Å². The van der Waals surface area contributed by atoms with E-state index in [2.05, 4.69) is 0 Å². The average Bonchev–Trinajstić information content (AvgIpc) is 2.73. The fourth-order valence-electron chi connectivity index (χ4n) is 4.63. The van der Waals surface area contributed by atoms with Gasteiger partial charge in [-0.1, -0.05) is 53.5 Å². The number of carbonyl (C=O) groups is 2. The lowest BCUT2D eigenvalue weighted by molar-refractivity contribution is -0.146. The number of ketones is 1. The van der Waals surface area contributed by atoms with Gasteiger partial charge in [0, 0.05) is 39.4 Å². The summed E-state index contributed by atoms with van der Waals surface area (Å²) in [5.41, 5.74) is 3.77. The minimum Gasteiger partial charge on any atom is -0.465 e. The highest BCUT2D eigenvalue weighted by atomic mass is 35.5. The molecule has 0 aromatic heterocycles. The van der Waals surface area contributed by atoms with Crippen LogP contribution in [0.1, 0.15) is 49.7 Å². The molecular formula is C25H23Cl2NO3. The van der Waals surface area contributed by atoms with Crippen LogP contribution in [-0.4, -0.2) is 24.1 Å². The third kappa shape index (κ3) is 4.19. The van der Waals surface area contributed by atoms with Gasteiger partial charge in [-0.3, -0.25) is 14.6 Å². The van der Waals surface area contributed by atoms with Crippen LogP contribution in [0.15, 0.2) is 64.8 Å². The molecule has 0 spiro atoms. The first-order valence-corrected chi connectivity index (χ1v) is 11.1. The Bertz CT molecular complexity index is 1090. The molecule has 2 aromatic carbocycles. The van der Waals surface area contributed by atoms with Crippen molar-refractivity contribution in [2.24, 2.45) is 10.9 Å². The van der Waals surface area contributed by atoms with Gasteiger partial charge < -0.3 is 4.74 Å². The number of allylic oxidation sites excluding steroid dienone is 2. The molecule has 1 unspecified atom stereocenters. The summed E-state index contributed by atoms with van der Waals surface area (Å²) in [7, 11) is 0. The van der Waals surface area contributed by atoms with Crippen molar-refractivity contribution < 1.29 is 14.3 Å². The molecule has 2 aromatic rings. The van der Waals surface area contributed by atoms with Gasteiger partial charge in [-0.05, 0) is 55.5 Å². The summed E-state index contributed by atoms with van der Waals surface area (Å²) in [6.45, 7) is 3.85. The molecule has 0 saturated carbocycles. The van der Waals surface area contributed by atoms with E-state index in [1.54, 1.807) is 13.0 Å². The minimum atomic E-state index is -0.672. The SMILES string of the molecule is CCOC(=O)C1C(C)=NC2=C(C(=O)C[C@@H](c3ccc(Cl)cc3)C2)[C@@H]1c1ccccc1Cl. The number of rotatable bonds is 4. The van der Waals surface area contributed by atoms with Gasteiger partial charge in [0.25, 0.3) is 0 Å². The van der Waals surface area contributed by atoms with E-state index >= 15 is 0 Å². The largest absolute Gasteiger partial charge is 0.465 e. The highest BCUT2D eigenvalue weighted by molar-refractivity contribution is 6.31. The number of halogens is 2. The van der Waals surface area contributed by atoms with E-state index in [0.29, 0.717) is 34.2 Å². The molecule has 0 radical (unpaired) electrons. The quantitative estimate of drug-likeness (QED) is 0.520. The van der Waals surface area contributed by atoms with Crippen molar-refractivity contribution in [3.05, 3.63) is 81.0 Å². The molecule has 0 amide bonds. The molecule has 0 saturated heterocycles. The molecule has 1 aliphatic heterocycles. The Kier molecular flexibility index (Phi) is 6.31. The van der Waals surface area contributed by atoms with E-state index in [1.165, 1.54) is 0 Å². The third-order valence-corrected chi connectivity index (χ3v) is 6.61. The fraction of sp³-hybridized carbons (Fsp3) is 0.320. The van der Waals surface area contributed by atoms with Crippen molar-refractivity contribution in [3.8, 4) is 0 Å². The number of nitrogens with zero attached hydrogens (tertiary/aromatic N) is 1. The molecule has 31 heavy (non-hydrogen) atoms. The standard InChI is InChI=1S/C25H23Cl2NO3/c1-3-31-25(30)22-14(2)28-20-12-16(15-8-10-17(26)11-9-15)13-21(29)24(20)23(22)18-6-4-5-7-19(18)27/h4-11,16,22-23H,3,12-13H2,1-2H3/t16-,22?,23+/m0/s1. The van der Waals surface area contributed by atoms with Crippen LogP contribution in [0.5, 0.6) is 0 Å². The Hall–Kier alpha value is -2.43. The van der Waals surface area contributed by atoms with E-state index < -0.39 is 11.8 Å². The number of benzene rings is 2. The smallest absolute Gasteiger partial charge is 0.315 e. The maximum atomic E-state index is 13.5. The van der Waals surface area contributed by atoms with Crippen molar-refractivity contribution in [1.29, 1.82) is 0 Å². The minimum absolute atomic E-state index is 0.00309.